The minimum atomic E-state index is -5.68. The van der Waals surface area contributed by atoms with Crippen molar-refractivity contribution in [3.05, 3.63) is 0 Å². The van der Waals surface area contributed by atoms with Gasteiger partial charge in [-0.25, -0.2) is 0 Å². The van der Waals surface area contributed by atoms with Crippen LogP contribution in [0.3, 0.4) is 0 Å². The molecule has 0 bridgehead atoms. The van der Waals surface area contributed by atoms with E-state index in [1.54, 1.807) is 0 Å². The summed E-state index contributed by atoms with van der Waals surface area (Å²) < 4.78 is 63.5. The Morgan fingerprint density at radius 2 is 0.414 bits per heavy atom. The molecule has 29 heteroatoms. The van der Waals surface area contributed by atoms with Crippen molar-refractivity contribution >= 4 is 145 Å². The molecule has 0 N–H and O–H groups in total. The predicted octanol–water partition coefficient (Wildman–Crippen LogP) is -9.88. The summed E-state index contributed by atoms with van der Waals surface area (Å²) in [7, 11) is -34.1. The Labute approximate surface area is 252 Å². The van der Waals surface area contributed by atoms with Gasteiger partial charge in [0.2, 0.25) is 0 Å². The van der Waals surface area contributed by atoms with Crippen molar-refractivity contribution in [3.63, 3.8) is 0 Å². The Morgan fingerprint density at radius 3 is 0.414 bits per heavy atom. The zero-order valence-electron chi connectivity index (χ0n) is 20.7. The van der Waals surface area contributed by atoms with Crippen molar-refractivity contribution in [2.24, 2.45) is 0 Å². The van der Waals surface area contributed by atoms with Crippen LogP contribution >= 0.6 is 46.9 Å². The van der Waals surface area contributed by atoms with Crippen molar-refractivity contribution in [1.29, 1.82) is 0 Å². The summed E-state index contributed by atoms with van der Waals surface area (Å²) in [6.07, 6.45) is 0. The van der Waals surface area contributed by atoms with Crippen molar-refractivity contribution in [2.45, 2.75) is 0 Å². The summed E-state index contributed by atoms with van der Waals surface area (Å²) in [6, 6.07) is 0. The minimum Gasteiger partial charge on any atom is -0.790 e. The van der Waals surface area contributed by atoms with Crippen LogP contribution in [0.15, 0.2) is 0 Å². The van der Waals surface area contributed by atoms with E-state index in [-0.39, 0.29) is 109 Å². The van der Waals surface area contributed by atoms with Gasteiger partial charge in [-0.1, -0.05) is 0 Å². The third kappa shape index (κ3) is 59.5. The fourth-order valence-corrected chi connectivity index (χ4v) is 3.31. The van der Waals surface area contributed by atoms with E-state index in [1.807, 2.05) is 0 Å². The van der Waals surface area contributed by atoms with E-state index >= 15 is 0 Å². The Kier molecular flexibility index (Phi) is 24.6. The molecule has 0 heterocycles. The minimum absolute atomic E-state index is 0. The molecule has 0 unspecified atom stereocenters. The first-order chi connectivity index (χ1) is 11.1. The third-order valence-corrected chi connectivity index (χ3v) is 5.40. The fourth-order valence-electron chi connectivity index (χ4n) is 0.367. The SMILES string of the molecule is O=P([O-])([O-])OP(=O)([O-])[O-].O=P([O-])([O-])OP(=O)([O-])[O-].O=P([O-])([O-])OP(=O)([O-])[O-].[Ba+2].[Ba+2].[H+].[H+].[H+].[H+].[H+].[H+].[H+].[H+]. The summed E-state index contributed by atoms with van der Waals surface area (Å²) in [6.45, 7) is 0. The molecule has 21 nitrogen and oxygen atoms in total. The van der Waals surface area contributed by atoms with Crippen molar-refractivity contribution in [2.75, 3.05) is 0 Å². The maximum Gasteiger partial charge on any atom is 2.00 e. The zero-order valence-corrected chi connectivity index (χ0v) is 26.9. The van der Waals surface area contributed by atoms with Gasteiger partial charge in [0.1, 0.15) is 0 Å². The average Bonchev–Trinajstić information content (AvgIpc) is 1.96. The van der Waals surface area contributed by atoms with Gasteiger partial charge in [0.25, 0.3) is 0 Å². The van der Waals surface area contributed by atoms with E-state index in [0.29, 0.717) is 0 Å². The molecule has 0 spiro atoms. The summed E-state index contributed by atoms with van der Waals surface area (Å²) >= 11 is 0. The van der Waals surface area contributed by atoms with Crippen molar-refractivity contribution < 1.29 is 110 Å². The molecule has 0 aromatic heterocycles. The second kappa shape index (κ2) is 16.6. The van der Waals surface area contributed by atoms with Crippen LogP contribution in [0.1, 0.15) is 11.4 Å². The molecular formula is H8Ba2O21P6. The summed E-state index contributed by atoms with van der Waals surface area (Å²) in [4.78, 5) is 112. The summed E-state index contributed by atoms with van der Waals surface area (Å²) in [5.74, 6) is 0. The van der Waals surface area contributed by atoms with Gasteiger partial charge in [-0.05, 0) is 0 Å². The molecule has 168 valence electrons. The number of rotatable bonds is 6. The van der Waals surface area contributed by atoms with Crippen LogP contribution in [0.5, 0.6) is 0 Å². The first kappa shape index (κ1) is 43.0. The van der Waals surface area contributed by atoms with Crippen LogP contribution in [-0.2, 0) is 40.3 Å². The van der Waals surface area contributed by atoms with Crippen molar-refractivity contribution in [1.82, 2.24) is 0 Å². The Bertz CT molecular complexity index is 580. The second-order valence-corrected chi connectivity index (χ2v) is 10.3. The van der Waals surface area contributed by atoms with Gasteiger partial charge in [-0.2, -0.15) is 0 Å². The molecule has 0 amide bonds. The summed E-state index contributed by atoms with van der Waals surface area (Å²) in [5, 5.41) is 0. The third-order valence-electron chi connectivity index (χ3n) is 0.600. The van der Waals surface area contributed by atoms with Crippen LogP contribution in [0.2, 0.25) is 0 Å². The van der Waals surface area contributed by atoms with Crippen LogP contribution in [0.25, 0.3) is 0 Å². The molecular weight excluding hydrogens is 796 g/mol. The van der Waals surface area contributed by atoms with E-state index in [9.17, 15) is 86.1 Å². The molecule has 29 heavy (non-hydrogen) atoms. The first-order valence-corrected chi connectivity index (χ1v) is 13.1. The number of hydrogen-bond acceptors (Lipinski definition) is 21. The molecule has 0 aliphatic carbocycles. The number of hydrogen-bond donors (Lipinski definition) is 0. The van der Waals surface area contributed by atoms with E-state index in [1.165, 1.54) is 0 Å². The van der Waals surface area contributed by atoms with Gasteiger partial charge in [0, 0.05) is 0 Å². The molecule has 0 saturated heterocycles. The molecule has 0 rings (SSSR count). The van der Waals surface area contributed by atoms with E-state index in [4.69, 9.17) is 0 Å². The fraction of sp³-hybridized carbons (Fsp3) is 0. The molecule has 0 radical (unpaired) electrons. The molecule has 0 aromatic rings. The first-order valence-electron chi connectivity index (χ1n) is 4.38. The van der Waals surface area contributed by atoms with Crippen LogP contribution < -0.4 is 58.7 Å². The maximum atomic E-state index is 9.32. The smallest absolute Gasteiger partial charge is 0.790 e. The topological polar surface area (TPSA) is 407 Å². The molecule has 0 aliphatic heterocycles. The monoisotopic (exact) mass is 806 g/mol. The second-order valence-electron chi connectivity index (χ2n) is 2.93. The van der Waals surface area contributed by atoms with Crippen molar-refractivity contribution in [3.8, 4) is 0 Å². The molecule has 0 saturated carbocycles. The average molecular weight is 805 g/mol. The predicted molar refractivity (Wildman–Crippen MR) is 69.3 cm³/mol. The van der Waals surface area contributed by atoms with E-state index in [2.05, 4.69) is 12.9 Å². The maximum absolute atomic E-state index is 9.32. The molecule has 0 fully saturated rings. The number of phosphoric acid groups is 6. The summed E-state index contributed by atoms with van der Waals surface area (Å²) in [5.41, 5.74) is 0. The van der Waals surface area contributed by atoms with Gasteiger partial charge < -0.3 is 99.0 Å². The Balaban J connectivity index is -0.0000000187. The van der Waals surface area contributed by atoms with Gasteiger partial charge in [0.05, 0.1) is 46.9 Å². The van der Waals surface area contributed by atoms with Gasteiger partial charge >= 0.3 is 109 Å². The standard InChI is InChI=1S/2Ba.3H4O7P2/c;;3*1-8(2,3)7-9(4,5)6/h;;3*(H2,1,2,3)(H2,4,5,6)/q2*+2;;;/p-4. The van der Waals surface area contributed by atoms with Crippen LogP contribution in [0, 0.1) is 0 Å². The molecule has 0 atom stereocenters. The van der Waals surface area contributed by atoms with E-state index < -0.39 is 46.9 Å². The normalized spacial score (nSPS) is 12.8. The largest absolute Gasteiger partial charge is 2.00 e. The van der Waals surface area contributed by atoms with Gasteiger partial charge in [-0.15, -0.1) is 0 Å². The molecule has 0 aromatic carbocycles. The Morgan fingerprint density at radius 1 is 0.345 bits per heavy atom. The van der Waals surface area contributed by atoms with Crippen LogP contribution in [-0.4, -0.2) is 97.8 Å². The zero-order chi connectivity index (χ0) is 23.1. The quantitative estimate of drug-likeness (QED) is 0.178. The Hall–Kier alpha value is 3.92. The van der Waals surface area contributed by atoms with E-state index in [0.717, 1.165) is 0 Å². The van der Waals surface area contributed by atoms with Gasteiger partial charge in [-0.3, -0.25) is 0 Å². The van der Waals surface area contributed by atoms with Crippen LogP contribution in [0.4, 0.5) is 0 Å². The molecule has 0 aliphatic rings. The van der Waals surface area contributed by atoms with Gasteiger partial charge in [0.15, 0.2) is 0 Å².